The average molecular weight is 267 g/mol. The summed E-state index contributed by atoms with van der Waals surface area (Å²) in [6.07, 6.45) is 3.34. The maximum Gasteiger partial charge on any atom is 0.323 e. The summed E-state index contributed by atoms with van der Waals surface area (Å²) in [5.41, 5.74) is 3.20. The third-order valence-corrected chi connectivity index (χ3v) is 2.94. The van der Waals surface area contributed by atoms with E-state index in [1.54, 1.807) is 29.1 Å². The Hall–Kier alpha value is -2.89. The maximum atomic E-state index is 11.9. The zero-order valence-corrected chi connectivity index (χ0v) is 10.9. The highest BCUT2D eigenvalue weighted by molar-refractivity contribution is 6.00. The highest BCUT2D eigenvalue weighted by atomic mass is 16.2. The number of amides is 2. The van der Waals surface area contributed by atoms with Crippen molar-refractivity contribution in [3.05, 3.63) is 54.5 Å². The van der Waals surface area contributed by atoms with Gasteiger partial charge in [0.15, 0.2) is 5.65 Å². The van der Waals surface area contributed by atoms with Gasteiger partial charge in [0, 0.05) is 11.9 Å². The van der Waals surface area contributed by atoms with E-state index in [1.807, 2.05) is 31.2 Å². The first kappa shape index (κ1) is 12.2. The number of hydrogen-bond donors (Lipinski definition) is 2. The minimum absolute atomic E-state index is 0.285. The SMILES string of the molecule is Cc1ccccc1NC(=O)Nc1ccc2nncn2c1. The fraction of sp³-hybridized carbons (Fsp3) is 0.0714. The number of para-hydroxylation sites is 1. The van der Waals surface area contributed by atoms with Gasteiger partial charge >= 0.3 is 6.03 Å². The Balaban J connectivity index is 1.74. The highest BCUT2D eigenvalue weighted by Crippen LogP contribution is 2.14. The lowest BCUT2D eigenvalue weighted by Crippen LogP contribution is -2.20. The second-order valence-corrected chi connectivity index (χ2v) is 4.41. The van der Waals surface area contributed by atoms with Crippen LogP contribution < -0.4 is 10.6 Å². The summed E-state index contributed by atoms with van der Waals surface area (Å²) in [6, 6.07) is 10.9. The third-order valence-electron chi connectivity index (χ3n) is 2.94. The lowest BCUT2D eigenvalue weighted by molar-refractivity contribution is 0.262. The third kappa shape index (κ3) is 2.44. The molecule has 2 aromatic heterocycles. The van der Waals surface area contributed by atoms with E-state index in [2.05, 4.69) is 20.8 Å². The van der Waals surface area contributed by atoms with Crippen LogP contribution in [0.5, 0.6) is 0 Å². The number of carbonyl (C=O) groups is 1. The molecule has 0 aliphatic carbocycles. The van der Waals surface area contributed by atoms with Gasteiger partial charge in [0.25, 0.3) is 0 Å². The van der Waals surface area contributed by atoms with Gasteiger partial charge in [-0.15, -0.1) is 10.2 Å². The number of aryl methyl sites for hydroxylation is 1. The Labute approximate surface area is 115 Å². The fourth-order valence-corrected chi connectivity index (χ4v) is 1.90. The Bertz CT molecular complexity index is 765. The Morgan fingerprint density at radius 2 is 2.00 bits per heavy atom. The normalized spacial score (nSPS) is 10.4. The molecular weight excluding hydrogens is 254 g/mol. The van der Waals surface area contributed by atoms with Crippen molar-refractivity contribution in [2.24, 2.45) is 0 Å². The van der Waals surface area contributed by atoms with Crippen LogP contribution in [-0.4, -0.2) is 20.6 Å². The number of rotatable bonds is 2. The summed E-state index contributed by atoms with van der Waals surface area (Å²) in [4.78, 5) is 11.9. The number of benzene rings is 1. The van der Waals surface area contributed by atoms with Crippen LogP contribution in [0.2, 0.25) is 0 Å². The zero-order valence-electron chi connectivity index (χ0n) is 10.9. The monoisotopic (exact) mass is 267 g/mol. The Morgan fingerprint density at radius 3 is 2.85 bits per heavy atom. The number of pyridine rings is 1. The van der Waals surface area contributed by atoms with Crippen molar-refractivity contribution in [2.45, 2.75) is 6.92 Å². The largest absolute Gasteiger partial charge is 0.323 e. The van der Waals surface area contributed by atoms with E-state index in [0.29, 0.717) is 5.69 Å². The molecule has 0 atom stereocenters. The van der Waals surface area contributed by atoms with Gasteiger partial charge in [0.1, 0.15) is 6.33 Å². The number of carbonyl (C=O) groups excluding carboxylic acids is 1. The van der Waals surface area contributed by atoms with E-state index >= 15 is 0 Å². The van der Waals surface area contributed by atoms with Crippen LogP contribution in [0.15, 0.2) is 48.9 Å². The summed E-state index contributed by atoms with van der Waals surface area (Å²) in [5.74, 6) is 0. The maximum absolute atomic E-state index is 11.9. The average Bonchev–Trinajstić information content (AvgIpc) is 2.89. The summed E-state index contributed by atoms with van der Waals surface area (Å²) >= 11 is 0. The number of fused-ring (bicyclic) bond motifs is 1. The van der Waals surface area contributed by atoms with E-state index in [4.69, 9.17) is 0 Å². The smallest absolute Gasteiger partial charge is 0.307 e. The van der Waals surface area contributed by atoms with Crippen molar-refractivity contribution in [1.29, 1.82) is 0 Å². The second-order valence-electron chi connectivity index (χ2n) is 4.41. The number of anilines is 2. The topological polar surface area (TPSA) is 71.3 Å². The first-order chi connectivity index (χ1) is 9.72. The number of hydrogen-bond acceptors (Lipinski definition) is 3. The molecule has 0 aliphatic heterocycles. The molecule has 0 bridgehead atoms. The lowest BCUT2D eigenvalue weighted by atomic mass is 10.2. The molecular formula is C14H13N5O. The van der Waals surface area contributed by atoms with E-state index in [0.717, 1.165) is 16.9 Å². The van der Waals surface area contributed by atoms with Gasteiger partial charge in [-0.25, -0.2) is 4.79 Å². The molecule has 0 saturated heterocycles. The predicted octanol–water partition coefficient (Wildman–Crippen LogP) is 2.68. The number of nitrogens with one attached hydrogen (secondary N) is 2. The molecule has 20 heavy (non-hydrogen) atoms. The van der Waals surface area contributed by atoms with Crippen LogP contribution >= 0.6 is 0 Å². The van der Waals surface area contributed by atoms with Crippen molar-refractivity contribution >= 4 is 23.1 Å². The molecule has 6 heteroatoms. The molecule has 0 fully saturated rings. The van der Waals surface area contributed by atoms with Crippen LogP contribution in [-0.2, 0) is 0 Å². The molecule has 100 valence electrons. The molecule has 0 spiro atoms. The van der Waals surface area contributed by atoms with Gasteiger partial charge in [-0.05, 0) is 30.7 Å². The molecule has 3 aromatic rings. The second kappa shape index (κ2) is 5.00. The number of aromatic nitrogens is 3. The van der Waals surface area contributed by atoms with Crippen molar-refractivity contribution in [2.75, 3.05) is 10.6 Å². The van der Waals surface area contributed by atoms with Crippen LogP contribution in [0.25, 0.3) is 5.65 Å². The molecule has 1 aromatic carbocycles. The summed E-state index contributed by atoms with van der Waals surface area (Å²) in [7, 11) is 0. The Kier molecular flexibility index (Phi) is 3.04. The van der Waals surface area contributed by atoms with Crippen LogP contribution in [0, 0.1) is 6.92 Å². The molecule has 0 unspecified atom stereocenters. The van der Waals surface area contributed by atoms with Gasteiger partial charge in [0.2, 0.25) is 0 Å². The molecule has 3 rings (SSSR count). The van der Waals surface area contributed by atoms with E-state index in [-0.39, 0.29) is 6.03 Å². The summed E-state index contributed by atoms with van der Waals surface area (Å²) in [6.45, 7) is 1.94. The molecule has 2 heterocycles. The molecule has 2 N–H and O–H groups in total. The Morgan fingerprint density at radius 1 is 1.15 bits per heavy atom. The minimum Gasteiger partial charge on any atom is -0.307 e. The van der Waals surface area contributed by atoms with Crippen molar-refractivity contribution in [3.63, 3.8) is 0 Å². The van der Waals surface area contributed by atoms with Gasteiger partial charge in [0.05, 0.1) is 5.69 Å². The van der Waals surface area contributed by atoms with E-state index in [1.165, 1.54) is 0 Å². The standard InChI is InChI=1S/C14H13N5O/c1-10-4-2-3-5-12(10)17-14(20)16-11-6-7-13-18-15-9-19(13)8-11/h2-9H,1H3,(H2,16,17,20). The summed E-state index contributed by atoms with van der Waals surface area (Å²) < 4.78 is 1.74. The first-order valence-electron chi connectivity index (χ1n) is 6.15. The van der Waals surface area contributed by atoms with Crippen LogP contribution in [0.3, 0.4) is 0 Å². The predicted molar refractivity (Wildman–Crippen MR) is 76.8 cm³/mol. The van der Waals surface area contributed by atoms with Crippen LogP contribution in [0.1, 0.15) is 5.56 Å². The molecule has 6 nitrogen and oxygen atoms in total. The van der Waals surface area contributed by atoms with Gasteiger partial charge in [-0.1, -0.05) is 18.2 Å². The van der Waals surface area contributed by atoms with E-state index in [9.17, 15) is 4.79 Å². The first-order valence-corrected chi connectivity index (χ1v) is 6.15. The number of nitrogens with zero attached hydrogens (tertiary/aromatic N) is 3. The van der Waals surface area contributed by atoms with Crippen molar-refractivity contribution in [3.8, 4) is 0 Å². The van der Waals surface area contributed by atoms with Crippen LogP contribution in [0.4, 0.5) is 16.2 Å². The van der Waals surface area contributed by atoms with Crippen molar-refractivity contribution in [1.82, 2.24) is 14.6 Å². The minimum atomic E-state index is -0.285. The van der Waals surface area contributed by atoms with Gasteiger partial charge in [-0.3, -0.25) is 4.40 Å². The van der Waals surface area contributed by atoms with Gasteiger partial charge in [-0.2, -0.15) is 0 Å². The highest BCUT2D eigenvalue weighted by Gasteiger charge is 2.05. The molecule has 0 aliphatic rings. The van der Waals surface area contributed by atoms with E-state index < -0.39 is 0 Å². The quantitative estimate of drug-likeness (QED) is 0.749. The lowest BCUT2D eigenvalue weighted by Gasteiger charge is -2.09. The van der Waals surface area contributed by atoms with Gasteiger partial charge < -0.3 is 10.6 Å². The molecule has 0 radical (unpaired) electrons. The molecule has 0 saturated carbocycles. The fourth-order valence-electron chi connectivity index (χ4n) is 1.90. The van der Waals surface area contributed by atoms with Crippen molar-refractivity contribution < 1.29 is 4.79 Å². The zero-order chi connectivity index (χ0) is 13.9. The summed E-state index contributed by atoms with van der Waals surface area (Å²) in [5, 5.41) is 13.3. The molecule has 2 amide bonds. The number of urea groups is 1.